The molecule has 0 aliphatic heterocycles. The molecule has 1 amide bonds. The lowest BCUT2D eigenvalue weighted by Crippen LogP contribution is -2.14. The molecule has 0 aliphatic carbocycles. The highest BCUT2D eigenvalue weighted by Crippen LogP contribution is 2.21. The van der Waals surface area contributed by atoms with Crippen LogP contribution in [0.25, 0.3) is 0 Å². The molecule has 2 rings (SSSR count). The Labute approximate surface area is 134 Å². The molecule has 122 valence electrons. The van der Waals surface area contributed by atoms with Crippen LogP contribution in [0.4, 0.5) is 5.69 Å². The molecular weight excluding hydrogens is 296 g/mol. The van der Waals surface area contributed by atoms with Gasteiger partial charge in [0, 0.05) is 12.6 Å². The van der Waals surface area contributed by atoms with Gasteiger partial charge in [-0.2, -0.15) is 0 Å². The van der Waals surface area contributed by atoms with Gasteiger partial charge < -0.3 is 14.5 Å². The molecule has 1 heterocycles. The topological polar surface area (TPSA) is 81.4 Å². The Bertz CT molecular complexity index is 702. The van der Waals surface area contributed by atoms with E-state index in [1.807, 2.05) is 13.8 Å². The largest absolute Gasteiger partial charge is 0.462 e. The van der Waals surface area contributed by atoms with Gasteiger partial charge in [-0.3, -0.25) is 4.79 Å². The predicted octanol–water partition coefficient (Wildman–Crippen LogP) is 3.54. The van der Waals surface area contributed by atoms with Crippen molar-refractivity contribution >= 4 is 17.6 Å². The van der Waals surface area contributed by atoms with Gasteiger partial charge in [0.1, 0.15) is 0 Å². The first-order valence-corrected chi connectivity index (χ1v) is 7.48. The monoisotopic (exact) mass is 316 g/mol. The molecular formula is C17H20N2O4. The molecule has 0 unspecified atom stereocenters. The number of rotatable bonds is 5. The van der Waals surface area contributed by atoms with Crippen LogP contribution < -0.4 is 5.32 Å². The van der Waals surface area contributed by atoms with E-state index in [-0.39, 0.29) is 17.6 Å². The summed E-state index contributed by atoms with van der Waals surface area (Å²) in [4.78, 5) is 28.2. The Balaban J connectivity index is 2.13. The van der Waals surface area contributed by atoms with Crippen LogP contribution in [0.2, 0.25) is 0 Å². The lowest BCUT2D eigenvalue weighted by atomic mass is 10.1. The number of oxazole rings is 1. The summed E-state index contributed by atoms with van der Waals surface area (Å²) in [5.41, 5.74) is 1.62. The first-order chi connectivity index (χ1) is 10.9. The molecule has 0 aliphatic rings. The highest BCUT2D eigenvalue weighted by molar-refractivity contribution is 6.03. The van der Waals surface area contributed by atoms with Crippen LogP contribution in [0.1, 0.15) is 59.2 Å². The zero-order chi connectivity index (χ0) is 17.0. The quantitative estimate of drug-likeness (QED) is 0.853. The fourth-order valence-corrected chi connectivity index (χ4v) is 2.09. The van der Waals surface area contributed by atoms with Crippen molar-refractivity contribution in [3.8, 4) is 0 Å². The van der Waals surface area contributed by atoms with Gasteiger partial charge in [0.05, 0.1) is 17.9 Å². The van der Waals surface area contributed by atoms with Gasteiger partial charge in [0.2, 0.25) is 5.76 Å². The Morgan fingerprint density at radius 1 is 1.26 bits per heavy atom. The molecule has 0 atom stereocenters. The fraction of sp³-hybridized carbons (Fsp3) is 0.353. The second kappa shape index (κ2) is 7.09. The molecule has 1 aromatic carbocycles. The lowest BCUT2D eigenvalue weighted by molar-refractivity contribution is 0.0526. The van der Waals surface area contributed by atoms with Gasteiger partial charge >= 0.3 is 5.97 Å². The van der Waals surface area contributed by atoms with Crippen molar-refractivity contribution in [3.05, 3.63) is 47.2 Å². The maximum atomic E-state index is 12.3. The van der Waals surface area contributed by atoms with E-state index in [2.05, 4.69) is 10.3 Å². The number of amides is 1. The van der Waals surface area contributed by atoms with Crippen LogP contribution in [0, 0.1) is 6.92 Å². The molecule has 0 saturated heterocycles. The van der Waals surface area contributed by atoms with E-state index in [0.29, 0.717) is 29.4 Å². The van der Waals surface area contributed by atoms with Gasteiger partial charge in [-0.05, 0) is 37.1 Å². The minimum Gasteiger partial charge on any atom is -0.462 e. The Morgan fingerprint density at radius 3 is 2.48 bits per heavy atom. The van der Waals surface area contributed by atoms with E-state index < -0.39 is 5.97 Å². The number of carbonyl (C=O) groups is 2. The average Bonchev–Trinajstić information content (AvgIpc) is 2.90. The molecule has 1 N–H and O–H groups in total. The summed E-state index contributed by atoms with van der Waals surface area (Å²) in [6, 6.07) is 6.48. The standard InChI is InChI=1S/C17H20N2O4/c1-5-22-17(21)12-6-8-13(9-7-12)19-16(20)15-14(10(2)3)18-11(4)23-15/h6-10H,5H2,1-4H3,(H,19,20). The summed E-state index contributed by atoms with van der Waals surface area (Å²) >= 11 is 0. The number of nitrogens with one attached hydrogen (secondary N) is 1. The van der Waals surface area contributed by atoms with Crippen molar-refractivity contribution in [2.24, 2.45) is 0 Å². The van der Waals surface area contributed by atoms with E-state index in [4.69, 9.17) is 9.15 Å². The molecule has 23 heavy (non-hydrogen) atoms. The van der Waals surface area contributed by atoms with Gasteiger partial charge in [-0.1, -0.05) is 13.8 Å². The molecule has 0 saturated carbocycles. The van der Waals surface area contributed by atoms with Crippen molar-refractivity contribution < 1.29 is 18.7 Å². The number of aryl methyl sites for hydroxylation is 1. The van der Waals surface area contributed by atoms with Crippen LogP contribution in [-0.4, -0.2) is 23.5 Å². The maximum Gasteiger partial charge on any atom is 0.338 e. The van der Waals surface area contributed by atoms with E-state index in [9.17, 15) is 9.59 Å². The molecule has 1 aromatic heterocycles. The van der Waals surface area contributed by atoms with Gasteiger partial charge in [0.15, 0.2) is 5.89 Å². The van der Waals surface area contributed by atoms with Gasteiger partial charge in [-0.15, -0.1) is 0 Å². The summed E-state index contributed by atoms with van der Waals surface area (Å²) in [6.45, 7) is 7.67. The minimum absolute atomic E-state index is 0.0828. The summed E-state index contributed by atoms with van der Waals surface area (Å²) in [7, 11) is 0. The summed E-state index contributed by atoms with van der Waals surface area (Å²) < 4.78 is 10.3. The minimum atomic E-state index is -0.390. The number of esters is 1. The third-order valence-corrected chi connectivity index (χ3v) is 3.17. The Hall–Kier alpha value is -2.63. The van der Waals surface area contributed by atoms with Crippen LogP contribution in [0.15, 0.2) is 28.7 Å². The second-order valence-corrected chi connectivity index (χ2v) is 5.35. The number of hydrogen-bond acceptors (Lipinski definition) is 5. The van der Waals surface area contributed by atoms with Crippen molar-refractivity contribution in [1.29, 1.82) is 0 Å². The normalized spacial score (nSPS) is 10.7. The second-order valence-electron chi connectivity index (χ2n) is 5.35. The van der Waals surface area contributed by atoms with E-state index >= 15 is 0 Å². The molecule has 6 heteroatoms. The number of anilines is 1. The molecule has 2 aromatic rings. The molecule has 0 radical (unpaired) electrons. The fourth-order valence-electron chi connectivity index (χ4n) is 2.09. The van der Waals surface area contributed by atoms with E-state index in [0.717, 1.165) is 0 Å². The number of ether oxygens (including phenoxy) is 1. The van der Waals surface area contributed by atoms with Crippen molar-refractivity contribution in [1.82, 2.24) is 4.98 Å². The number of hydrogen-bond donors (Lipinski definition) is 1. The molecule has 0 fully saturated rings. The number of aromatic nitrogens is 1. The lowest BCUT2D eigenvalue weighted by Gasteiger charge is -2.07. The van der Waals surface area contributed by atoms with Crippen molar-refractivity contribution in [2.45, 2.75) is 33.6 Å². The van der Waals surface area contributed by atoms with Crippen molar-refractivity contribution in [2.75, 3.05) is 11.9 Å². The summed E-state index contributed by atoms with van der Waals surface area (Å²) in [6.07, 6.45) is 0. The molecule has 6 nitrogen and oxygen atoms in total. The maximum absolute atomic E-state index is 12.3. The molecule has 0 spiro atoms. The Kier molecular flexibility index (Phi) is 5.16. The SMILES string of the molecule is CCOC(=O)c1ccc(NC(=O)c2oc(C)nc2C(C)C)cc1. The van der Waals surface area contributed by atoms with Crippen LogP contribution in [-0.2, 0) is 4.74 Å². The highest BCUT2D eigenvalue weighted by Gasteiger charge is 2.21. The van der Waals surface area contributed by atoms with Gasteiger partial charge in [-0.25, -0.2) is 9.78 Å². The van der Waals surface area contributed by atoms with Crippen molar-refractivity contribution in [3.63, 3.8) is 0 Å². The van der Waals surface area contributed by atoms with E-state index in [1.165, 1.54) is 0 Å². The first kappa shape index (κ1) is 16.7. The van der Waals surface area contributed by atoms with Gasteiger partial charge in [0.25, 0.3) is 5.91 Å². The highest BCUT2D eigenvalue weighted by atomic mass is 16.5. The predicted molar refractivity (Wildman–Crippen MR) is 85.7 cm³/mol. The first-order valence-electron chi connectivity index (χ1n) is 7.48. The Morgan fingerprint density at radius 2 is 1.91 bits per heavy atom. The summed E-state index contributed by atoms with van der Waals surface area (Å²) in [5, 5.41) is 2.74. The number of nitrogens with zero attached hydrogens (tertiary/aromatic N) is 1. The number of carbonyl (C=O) groups excluding carboxylic acids is 2. The third kappa shape index (κ3) is 3.97. The summed E-state index contributed by atoms with van der Waals surface area (Å²) in [5.74, 6) is -0.000571. The zero-order valence-electron chi connectivity index (χ0n) is 13.7. The number of benzene rings is 1. The zero-order valence-corrected chi connectivity index (χ0v) is 13.7. The third-order valence-electron chi connectivity index (χ3n) is 3.17. The van der Waals surface area contributed by atoms with Crippen LogP contribution in [0.5, 0.6) is 0 Å². The average molecular weight is 316 g/mol. The van der Waals surface area contributed by atoms with E-state index in [1.54, 1.807) is 38.1 Å². The molecule has 0 bridgehead atoms. The smallest absolute Gasteiger partial charge is 0.338 e. The van der Waals surface area contributed by atoms with Crippen LogP contribution in [0.3, 0.4) is 0 Å². The van der Waals surface area contributed by atoms with Crippen LogP contribution >= 0.6 is 0 Å².